The number of nitrogens with zero attached hydrogens (tertiary/aromatic N) is 1. The Morgan fingerprint density at radius 2 is 1.87 bits per heavy atom. The first kappa shape index (κ1) is 27.1. The van der Waals surface area contributed by atoms with Gasteiger partial charge in [-0.2, -0.15) is 0 Å². The Kier molecular flexibility index (Phi) is 7.55. The summed E-state index contributed by atoms with van der Waals surface area (Å²) < 4.78 is 24.0. The van der Waals surface area contributed by atoms with Crippen molar-refractivity contribution in [2.24, 2.45) is 5.92 Å². The maximum Gasteiger partial charge on any atom is 0.415 e. The van der Waals surface area contributed by atoms with Gasteiger partial charge in [0.2, 0.25) is 0 Å². The van der Waals surface area contributed by atoms with Crippen LogP contribution in [0.2, 0.25) is 5.02 Å². The molecule has 2 aromatic carbocycles. The van der Waals surface area contributed by atoms with Crippen LogP contribution in [0.1, 0.15) is 79.1 Å². The largest absolute Gasteiger partial charge is 0.495 e. The molecule has 3 heterocycles. The van der Waals surface area contributed by atoms with E-state index in [1.54, 1.807) is 19.1 Å². The fourth-order valence-electron chi connectivity index (χ4n) is 5.74. The maximum atomic E-state index is 13.3. The Bertz CT molecular complexity index is 1280. The van der Waals surface area contributed by atoms with Gasteiger partial charge in [0.05, 0.1) is 28.3 Å². The smallest absolute Gasteiger partial charge is 0.415 e. The number of carbonyl (C=O) groups is 2. The van der Waals surface area contributed by atoms with Gasteiger partial charge in [0.1, 0.15) is 23.7 Å². The lowest BCUT2D eigenvalue weighted by Crippen LogP contribution is -2.37. The summed E-state index contributed by atoms with van der Waals surface area (Å²) in [6.07, 6.45) is 3.10. The molecule has 2 fully saturated rings. The van der Waals surface area contributed by atoms with E-state index in [9.17, 15) is 14.7 Å². The number of carbonyl (C=O) groups excluding carboxylic acids is 2. The summed E-state index contributed by atoms with van der Waals surface area (Å²) in [4.78, 5) is 28.4. The van der Waals surface area contributed by atoms with Crippen LogP contribution in [0.25, 0.3) is 0 Å². The molecule has 0 aliphatic carbocycles. The zero-order valence-corrected chi connectivity index (χ0v) is 24.1. The number of ether oxygens (including phenoxy) is 4. The summed E-state index contributed by atoms with van der Waals surface area (Å²) in [7, 11) is 1.43. The first-order valence-corrected chi connectivity index (χ1v) is 14.0. The number of cyclic esters (lactones) is 1. The molecule has 10 heteroatoms. The van der Waals surface area contributed by atoms with E-state index >= 15 is 0 Å². The van der Waals surface area contributed by atoms with E-state index in [1.165, 1.54) is 7.11 Å². The molecule has 0 unspecified atom stereocenters. The van der Waals surface area contributed by atoms with Crippen molar-refractivity contribution in [2.45, 2.75) is 77.7 Å². The highest BCUT2D eigenvalue weighted by Gasteiger charge is 2.44. The zero-order chi connectivity index (χ0) is 27.3. The minimum atomic E-state index is -0.848. The number of fused-ring (bicyclic) bond motifs is 4. The molecule has 0 radical (unpaired) electrons. The average Bonchev–Trinajstić information content (AvgIpc) is 3.48. The fourth-order valence-corrected chi connectivity index (χ4v) is 6.55. The van der Waals surface area contributed by atoms with E-state index in [0.29, 0.717) is 32.6 Å². The van der Waals surface area contributed by atoms with Gasteiger partial charge < -0.3 is 29.0 Å². The molecule has 5 rings (SSSR count). The minimum Gasteiger partial charge on any atom is -0.495 e. The highest BCUT2D eigenvalue weighted by Crippen LogP contribution is 2.51. The second kappa shape index (κ2) is 10.6. The molecule has 8 nitrogen and oxygen atoms in total. The van der Waals surface area contributed by atoms with Crippen LogP contribution in [0.15, 0.2) is 16.6 Å². The van der Waals surface area contributed by atoms with Crippen LogP contribution in [-0.2, 0) is 11.3 Å². The van der Waals surface area contributed by atoms with Crippen molar-refractivity contribution in [2.75, 3.05) is 7.11 Å². The van der Waals surface area contributed by atoms with E-state index in [0.717, 1.165) is 25.7 Å². The van der Waals surface area contributed by atoms with Crippen molar-refractivity contribution in [3.05, 3.63) is 43.9 Å². The summed E-state index contributed by atoms with van der Waals surface area (Å²) in [5, 5.41) is 11.1. The molecule has 3 aliphatic rings. The molecule has 1 amide bonds. The number of halogens is 2. The van der Waals surface area contributed by atoms with Crippen molar-refractivity contribution in [3.63, 3.8) is 0 Å². The molecular weight excluding hydrogens is 578 g/mol. The number of benzene rings is 2. The first-order valence-electron chi connectivity index (χ1n) is 12.9. The molecule has 2 bridgehead atoms. The average molecular weight is 609 g/mol. The number of hydrogen-bond acceptors (Lipinski definition) is 7. The van der Waals surface area contributed by atoms with Crippen LogP contribution in [0.3, 0.4) is 0 Å². The minimum absolute atomic E-state index is 0.0427. The Balaban J connectivity index is 1.60. The molecule has 3 aliphatic heterocycles. The van der Waals surface area contributed by atoms with E-state index in [4.69, 9.17) is 30.5 Å². The number of rotatable bonds is 5. The molecular formula is C28H31BrClNO7. The van der Waals surface area contributed by atoms with Crippen molar-refractivity contribution < 1.29 is 33.6 Å². The Morgan fingerprint density at radius 1 is 1.21 bits per heavy atom. The van der Waals surface area contributed by atoms with Crippen LogP contribution >= 0.6 is 27.5 Å². The summed E-state index contributed by atoms with van der Waals surface area (Å²) >= 11 is 10.2. The summed E-state index contributed by atoms with van der Waals surface area (Å²) in [5.74, 6) is 0.207. The van der Waals surface area contributed by atoms with Crippen LogP contribution in [0.5, 0.6) is 23.0 Å². The second-order valence-corrected chi connectivity index (χ2v) is 11.7. The zero-order valence-electron chi connectivity index (χ0n) is 21.8. The number of esters is 1. The lowest BCUT2D eigenvalue weighted by Gasteiger charge is -2.27. The van der Waals surface area contributed by atoms with Crippen molar-refractivity contribution >= 4 is 39.6 Å². The number of aliphatic hydroxyl groups is 1. The Morgan fingerprint density at radius 3 is 2.47 bits per heavy atom. The number of hydrogen-bond donors (Lipinski definition) is 1. The third-order valence-corrected chi connectivity index (χ3v) is 9.09. The van der Waals surface area contributed by atoms with Crippen LogP contribution in [0.4, 0.5) is 4.79 Å². The quantitative estimate of drug-likeness (QED) is 0.362. The van der Waals surface area contributed by atoms with Crippen molar-refractivity contribution in [3.8, 4) is 23.0 Å². The van der Waals surface area contributed by atoms with Gasteiger partial charge in [-0.25, -0.2) is 9.59 Å². The first-order chi connectivity index (χ1) is 18.1. The van der Waals surface area contributed by atoms with Gasteiger partial charge in [0.15, 0.2) is 11.5 Å². The van der Waals surface area contributed by atoms with Crippen molar-refractivity contribution in [1.82, 2.24) is 4.90 Å². The lowest BCUT2D eigenvalue weighted by atomic mass is 9.96. The highest BCUT2D eigenvalue weighted by molar-refractivity contribution is 9.10. The number of methoxy groups -OCH3 is 1. The van der Waals surface area contributed by atoms with Crippen LogP contribution in [0, 0.1) is 12.8 Å². The lowest BCUT2D eigenvalue weighted by molar-refractivity contribution is 0.0453. The van der Waals surface area contributed by atoms with E-state index < -0.39 is 18.2 Å². The Labute approximate surface area is 235 Å². The summed E-state index contributed by atoms with van der Waals surface area (Å²) in [6, 6.07) is 3.62. The van der Waals surface area contributed by atoms with E-state index in [2.05, 4.69) is 15.9 Å². The van der Waals surface area contributed by atoms with Crippen molar-refractivity contribution in [1.29, 1.82) is 0 Å². The van der Waals surface area contributed by atoms with Gasteiger partial charge in [-0.1, -0.05) is 25.4 Å². The number of aliphatic hydroxyl groups excluding tert-OH is 1. The van der Waals surface area contributed by atoms with Gasteiger partial charge >= 0.3 is 12.1 Å². The molecule has 38 heavy (non-hydrogen) atoms. The summed E-state index contributed by atoms with van der Waals surface area (Å²) in [5.41, 5.74) is 1.52. The molecule has 1 N–H and O–H groups in total. The molecule has 0 saturated carbocycles. The molecule has 0 aromatic heterocycles. The SMILES string of the molecule is COc1c([C@@H](O)CC(C)C)ccc2c1C(=O)OCc1c(Cl)c(C)c(Br)c(OC(=O)N3C4CCC3CC4)c1O2. The normalized spacial score (nSPS) is 20.7. The third-order valence-electron chi connectivity index (χ3n) is 7.63. The van der Waals surface area contributed by atoms with Crippen LogP contribution in [-0.4, -0.2) is 41.3 Å². The fraction of sp³-hybridized carbons (Fsp3) is 0.500. The van der Waals surface area contributed by atoms with E-state index in [-0.39, 0.29) is 53.2 Å². The maximum absolute atomic E-state index is 13.3. The topological polar surface area (TPSA) is 94.5 Å². The van der Waals surface area contributed by atoms with E-state index in [1.807, 2.05) is 18.7 Å². The van der Waals surface area contributed by atoms with Gasteiger partial charge in [-0.05, 0) is 78.6 Å². The molecule has 204 valence electrons. The standard InChI is InChI=1S/C28H31BrClNO7/c1-13(2)11-19(32)17-9-10-20-21(24(17)35-4)27(33)36-12-18-23(30)14(3)22(29)26(25(18)37-20)38-28(34)31-15-5-6-16(31)8-7-15/h9-10,13,15-16,19,32H,5-8,11-12H2,1-4H3/t15?,16?,19-/m0/s1. The molecule has 0 spiro atoms. The second-order valence-electron chi connectivity index (χ2n) is 10.5. The monoisotopic (exact) mass is 607 g/mol. The Hall–Kier alpha value is -2.49. The van der Waals surface area contributed by atoms with Crippen LogP contribution < -0.4 is 14.2 Å². The highest BCUT2D eigenvalue weighted by atomic mass is 79.9. The van der Waals surface area contributed by atoms with Gasteiger partial charge in [-0.3, -0.25) is 0 Å². The molecule has 1 atom stereocenters. The third kappa shape index (κ3) is 4.62. The molecule has 2 aromatic rings. The predicted octanol–water partition coefficient (Wildman–Crippen LogP) is 7.09. The van der Waals surface area contributed by atoms with Gasteiger partial charge in [-0.15, -0.1) is 0 Å². The molecule has 2 saturated heterocycles. The number of amides is 1. The summed E-state index contributed by atoms with van der Waals surface area (Å²) in [6.45, 7) is 5.57. The predicted molar refractivity (Wildman–Crippen MR) is 144 cm³/mol. The van der Waals surface area contributed by atoms with Gasteiger partial charge in [0, 0.05) is 17.6 Å². The van der Waals surface area contributed by atoms with Gasteiger partial charge in [0.25, 0.3) is 0 Å².